The molecular formula is C15H15FN4S. The first kappa shape index (κ1) is 14.0. The van der Waals surface area contributed by atoms with Gasteiger partial charge in [0, 0.05) is 17.1 Å². The summed E-state index contributed by atoms with van der Waals surface area (Å²) in [5.74, 6) is -0.238. The molecule has 0 spiro atoms. The molecule has 6 heteroatoms. The van der Waals surface area contributed by atoms with E-state index in [2.05, 4.69) is 10.2 Å². The highest BCUT2D eigenvalue weighted by atomic mass is 32.2. The molecule has 0 unspecified atom stereocenters. The molecule has 2 aromatic heterocycles. The van der Waals surface area contributed by atoms with Gasteiger partial charge >= 0.3 is 0 Å². The molecule has 0 bridgehead atoms. The van der Waals surface area contributed by atoms with Gasteiger partial charge in [-0.25, -0.2) is 4.39 Å². The van der Waals surface area contributed by atoms with Gasteiger partial charge in [-0.05, 0) is 61.0 Å². The van der Waals surface area contributed by atoms with Crippen LogP contribution in [0.2, 0.25) is 0 Å². The zero-order chi connectivity index (χ0) is 15.0. The highest BCUT2D eigenvalue weighted by molar-refractivity contribution is 7.99. The Morgan fingerprint density at radius 1 is 1.29 bits per heavy atom. The Labute approximate surface area is 126 Å². The molecule has 3 rings (SSSR count). The Morgan fingerprint density at radius 2 is 2.10 bits per heavy atom. The number of rotatable bonds is 3. The molecule has 1 aromatic carbocycles. The van der Waals surface area contributed by atoms with Gasteiger partial charge in [0.1, 0.15) is 5.82 Å². The zero-order valence-electron chi connectivity index (χ0n) is 11.7. The fraction of sp³-hybridized carbons (Fsp3) is 0.200. The predicted molar refractivity (Wildman–Crippen MR) is 80.8 cm³/mol. The molecule has 108 valence electrons. The third kappa shape index (κ3) is 2.64. The van der Waals surface area contributed by atoms with Crippen LogP contribution < -0.4 is 5.73 Å². The Bertz CT molecular complexity index is 797. The van der Waals surface area contributed by atoms with Gasteiger partial charge in [-0.1, -0.05) is 6.07 Å². The molecule has 2 N–H and O–H groups in total. The molecule has 0 saturated carbocycles. The minimum absolute atomic E-state index is 0.238. The fourth-order valence-corrected chi connectivity index (χ4v) is 3.23. The number of pyridine rings is 1. The summed E-state index contributed by atoms with van der Waals surface area (Å²) < 4.78 is 15.7. The molecule has 21 heavy (non-hydrogen) atoms. The maximum Gasteiger partial charge on any atom is 0.200 e. The number of fused-ring (bicyclic) bond motifs is 1. The highest BCUT2D eigenvalue weighted by Gasteiger charge is 2.15. The van der Waals surface area contributed by atoms with Crippen molar-refractivity contribution in [1.82, 2.24) is 14.6 Å². The summed E-state index contributed by atoms with van der Waals surface area (Å²) in [6.45, 7) is 3.59. The van der Waals surface area contributed by atoms with Crippen LogP contribution in [0.25, 0.3) is 5.65 Å². The average Bonchev–Trinajstić information content (AvgIpc) is 2.86. The monoisotopic (exact) mass is 302 g/mol. The summed E-state index contributed by atoms with van der Waals surface area (Å²) in [5, 5.41) is 9.04. The van der Waals surface area contributed by atoms with Crippen LogP contribution in [0.1, 0.15) is 24.1 Å². The second kappa shape index (κ2) is 5.46. The lowest BCUT2D eigenvalue weighted by Crippen LogP contribution is -2.07. The van der Waals surface area contributed by atoms with Crippen LogP contribution in [0.5, 0.6) is 0 Å². The van der Waals surface area contributed by atoms with Crippen LogP contribution in [0.3, 0.4) is 0 Å². The van der Waals surface area contributed by atoms with Crippen LogP contribution >= 0.6 is 11.8 Å². The Balaban J connectivity index is 2.07. The lowest BCUT2D eigenvalue weighted by molar-refractivity contribution is 0.610. The SMILES string of the molecule is Cc1cc(Sc2nnc3ccccn23)c([C@@H](C)N)cc1F. The molecule has 0 saturated heterocycles. The first-order valence-electron chi connectivity index (χ1n) is 6.59. The summed E-state index contributed by atoms with van der Waals surface area (Å²) in [5.41, 5.74) is 8.10. The largest absolute Gasteiger partial charge is 0.324 e. The van der Waals surface area contributed by atoms with Crippen molar-refractivity contribution in [2.45, 2.75) is 29.9 Å². The van der Waals surface area contributed by atoms with Gasteiger partial charge in [-0.15, -0.1) is 10.2 Å². The molecule has 2 heterocycles. The van der Waals surface area contributed by atoms with Gasteiger partial charge in [-0.2, -0.15) is 0 Å². The topological polar surface area (TPSA) is 56.2 Å². The van der Waals surface area contributed by atoms with Crippen LogP contribution in [-0.4, -0.2) is 14.6 Å². The minimum Gasteiger partial charge on any atom is -0.324 e. The van der Waals surface area contributed by atoms with E-state index in [-0.39, 0.29) is 11.9 Å². The van der Waals surface area contributed by atoms with Crippen molar-refractivity contribution >= 4 is 17.4 Å². The zero-order valence-corrected chi connectivity index (χ0v) is 12.6. The molecule has 0 aliphatic carbocycles. The van der Waals surface area contributed by atoms with Crippen LogP contribution in [0, 0.1) is 12.7 Å². The molecule has 1 atom stereocenters. The van der Waals surface area contributed by atoms with Gasteiger partial charge in [0.2, 0.25) is 0 Å². The van der Waals surface area contributed by atoms with Crippen LogP contribution in [-0.2, 0) is 0 Å². The van der Waals surface area contributed by atoms with Gasteiger partial charge in [-0.3, -0.25) is 4.40 Å². The molecule has 0 fully saturated rings. The number of benzene rings is 1. The number of hydrogen-bond donors (Lipinski definition) is 1. The standard InChI is InChI=1S/C15H15FN4S/c1-9-7-13(11(10(2)17)8-12(9)16)21-15-19-18-14-5-3-4-6-20(14)15/h3-8,10H,17H2,1-2H3/t10-/m1/s1. The third-order valence-corrected chi connectivity index (χ3v) is 4.30. The van der Waals surface area contributed by atoms with Gasteiger partial charge in [0.05, 0.1) is 0 Å². The Kier molecular flexibility index (Phi) is 3.65. The van der Waals surface area contributed by atoms with Crippen molar-refractivity contribution in [1.29, 1.82) is 0 Å². The summed E-state index contributed by atoms with van der Waals surface area (Å²) in [6, 6.07) is 8.78. The van der Waals surface area contributed by atoms with E-state index < -0.39 is 0 Å². The second-order valence-corrected chi connectivity index (χ2v) is 5.95. The van der Waals surface area contributed by atoms with Gasteiger partial charge < -0.3 is 5.73 Å². The van der Waals surface area contributed by atoms with Crippen molar-refractivity contribution in [3.63, 3.8) is 0 Å². The minimum atomic E-state index is -0.248. The van der Waals surface area contributed by atoms with E-state index in [9.17, 15) is 4.39 Å². The maximum atomic E-state index is 13.8. The summed E-state index contributed by atoms with van der Waals surface area (Å²) in [7, 11) is 0. The number of nitrogens with zero attached hydrogens (tertiary/aromatic N) is 3. The van der Waals surface area contributed by atoms with E-state index >= 15 is 0 Å². The van der Waals surface area contributed by atoms with Crippen molar-refractivity contribution in [2.75, 3.05) is 0 Å². The van der Waals surface area contributed by atoms with Crippen LogP contribution in [0.15, 0.2) is 46.6 Å². The molecule has 0 aliphatic rings. The number of aromatic nitrogens is 3. The van der Waals surface area contributed by atoms with E-state index in [0.29, 0.717) is 5.56 Å². The van der Waals surface area contributed by atoms with Crippen molar-refractivity contribution in [3.8, 4) is 0 Å². The normalized spacial score (nSPS) is 12.8. The van der Waals surface area contributed by atoms with Crippen molar-refractivity contribution < 1.29 is 4.39 Å². The fourth-order valence-electron chi connectivity index (χ4n) is 2.10. The molecule has 4 nitrogen and oxygen atoms in total. The molecule has 0 radical (unpaired) electrons. The molecule has 0 amide bonds. The van der Waals surface area contributed by atoms with Gasteiger partial charge in [0.25, 0.3) is 0 Å². The van der Waals surface area contributed by atoms with E-state index in [1.807, 2.05) is 41.8 Å². The quantitative estimate of drug-likeness (QED) is 0.806. The van der Waals surface area contributed by atoms with Crippen LogP contribution in [0.4, 0.5) is 4.39 Å². The van der Waals surface area contributed by atoms with Gasteiger partial charge in [0.15, 0.2) is 10.8 Å². The predicted octanol–water partition coefficient (Wildman–Crippen LogP) is 3.35. The summed E-state index contributed by atoms with van der Waals surface area (Å²) in [6.07, 6.45) is 1.90. The smallest absolute Gasteiger partial charge is 0.200 e. The molecule has 0 aliphatic heterocycles. The maximum absolute atomic E-state index is 13.8. The van der Waals surface area contributed by atoms with E-state index in [4.69, 9.17) is 5.73 Å². The summed E-state index contributed by atoms with van der Waals surface area (Å²) in [4.78, 5) is 0.905. The Hall–Kier alpha value is -1.92. The van der Waals surface area contributed by atoms with Crippen molar-refractivity contribution in [3.05, 3.63) is 53.5 Å². The lowest BCUT2D eigenvalue weighted by Gasteiger charge is -2.13. The third-order valence-electron chi connectivity index (χ3n) is 3.27. The first-order chi connectivity index (χ1) is 10.1. The van der Waals surface area contributed by atoms with E-state index in [0.717, 1.165) is 21.3 Å². The Morgan fingerprint density at radius 3 is 2.86 bits per heavy atom. The van der Waals surface area contributed by atoms with E-state index in [1.165, 1.54) is 17.8 Å². The highest BCUT2D eigenvalue weighted by Crippen LogP contribution is 2.33. The van der Waals surface area contributed by atoms with Crippen molar-refractivity contribution in [2.24, 2.45) is 5.73 Å². The molecular weight excluding hydrogens is 287 g/mol. The summed E-state index contributed by atoms with van der Waals surface area (Å²) >= 11 is 1.44. The average molecular weight is 302 g/mol. The number of halogens is 1. The molecule has 3 aromatic rings. The number of nitrogens with two attached hydrogens (primary N) is 1. The lowest BCUT2D eigenvalue weighted by atomic mass is 10.1. The van der Waals surface area contributed by atoms with E-state index in [1.54, 1.807) is 6.92 Å². The second-order valence-electron chi connectivity index (χ2n) is 4.94. The first-order valence-corrected chi connectivity index (χ1v) is 7.41. The number of aryl methyl sites for hydroxylation is 1. The number of hydrogen-bond acceptors (Lipinski definition) is 4.